The molecule has 0 radical (unpaired) electrons. The van der Waals surface area contributed by atoms with Crippen molar-refractivity contribution in [3.63, 3.8) is 0 Å². The van der Waals surface area contributed by atoms with Gasteiger partial charge in [0.2, 0.25) is 5.91 Å². The predicted molar refractivity (Wildman–Crippen MR) is 105 cm³/mol. The van der Waals surface area contributed by atoms with Gasteiger partial charge in [-0.2, -0.15) is 5.10 Å². The minimum Gasteiger partial charge on any atom is -0.494 e. The molecule has 1 amide bonds. The number of carbonyl (C=O) groups excluding carboxylic acids is 1. The van der Waals surface area contributed by atoms with Gasteiger partial charge >= 0.3 is 0 Å². The molecule has 0 saturated heterocycles. The standard InChI is InChI=1S/C20H18FN3O2S/c1-13(15-8-9-18(26-2)16(21)10-15)23-24-19(25)11-20-22-17(12-27-20)14-6-4-3-5-7-14/h3-10,12H,11H2,1-2H3,(H,24,25)/b23-13-. The summed E-state index contributed by atoms with van der Waals surface area (Å²) in [5, 5.41) is 6.67. The highest BCUT2D eigenvalue weighted by Crippen LogP contribution is 2.22. The molecule has 7 heteroatoms. The number of halogens is 1. The van der Waals surface area contributed by atoms with E-state index in [1.54, 1.807) is 13.0 Å². The number of amides is 1. The van der Waals surface area contributed by atoms with E-state index in [-0.39, 0.29) is 18.1 Å². The number of rotatable bonds is 6. The Labute approximate surface area is 160 Å². The van der Waals surface area contributed by atoms with Crippen molar-refractivity contribution >= 4 is 23.0 Å². The number of nitrogens with zero attached hydrogens (tertiary/aromatic N) is 2. The summed E-state index contributed by atoms with van der Waals surface area (Å²) in [5.74, 6) is -0.599. The third kappa shape index (κ3) is 4.77. The Balaban J connectivity index is 1.62. The Morgan fingerprint density at radius 2 is 2.04 bits per heavy atom. The number of benzene rings is 2. The molecule has 3 rings (SSSR count). The zero-order chi connectivity index (χ0) is 19.2. The van der Waals surface area contributed by atoms with Gasteiger partial charge in [0.05, 0.1) is 24.9 Å². The molecule has 0 aliphatic heterocycles. The van der Waals surface area contributed by atoms with Gasteiger partial charge in [0.15, 0.2) is 11.6 Å². The van der Waals surface area contributed by atoms with Crippen LogP contribution in [-0.2, 0) is 11.2 Å². The largest absolute Gasteiger partial charge is 0.494 e. The van der Waals surface area contributed by atoms with Crippen LogP contribution >= 0.6 is 11.3 Å². The van der Waals surface area contributed by atoms with Crippen molar-refractivity contribution in [2.24, 2.45) is 5.10 Å². The Hall–Kier alpha value is -3.06. The van der Waals surface area contributed by atoms with E-state index in [0.29, 0.717) is 16.3 Å². The second-order valence-electron chi connectivity index (χ2n) is 5.75. The third-order valence-corrected chi connectivity index (χ3v) is 4.70. The minimum absolute atomic E-state index is 0.130. The normalized spacial score (nSPS) is 11.3. The molecule has 1 aromatic heterocycles. The molecule has 0 saturated carbocycles. The highest BCUT2D eigenvalue weighted by atomic mass is 32.1. The smallest absolute Gasteiger partial charge is 0.246 e. The van der Waals surface area contributed by atoms with Gasteiger partial charge in [0, 0.05) is 16.5 Å². The molecule has 3 aromatic rings. The van der Waals surface area contributed by atoms with E-state index in [9.17, 15) is 9.18 Å². The van der Waals surface area contributed by atoms with Crippen molar-refractivity contribution in [1.29, 1.82) is 0 Å². The first-order valence-corrected chi connectivity index (χ1v) is 9.11. The molecule has 2 aromatic carbocycles. The molecule has 0 fully saturated rings. The van der Waals surface area contributed by atoms with Crippen molar-refractivity contribution in [1.82, 2.24) is 10.4 Å². The van der Waals surface area contributed by atoms with Crippen LogP contribution in [0.25, 0.3) is 11.3 Å². The van der Waals surface area contributed by atoms with Gasteiger partial charge in [0.1, 0.15) is 5.01 Å². The number of thiazole rings is 1. The van der Waals surface area contributed by atoms with E-state index >= 15 is 0 Å². The molecule has 0 aliphatic rings. The number of aromatic nitrogens is 1. The quantitative estimate of drug-likeness (QED) is 0.516. The fraction of sp³-hybridized carbons (Fsp3) is 0.150. The first-order valence-electron chi connectivity index (χ1n) is 8.23. The van der Waals surface area contributed by atoms with Crippen molar-refractivity contribution < 1.29 is 13.9 Å². The highest BCUT2D eigenvalue weighted by molar-refractivity contribution is 7.10. The number of carbonyl (C=O) groups is 1. The van der Waals surface area contributed by atoms with Gasteiger partial charge in [-0.05, 0) is 25.1 Å². The van der Waals surface area contributed by atoms with Crippen molar-refractivity contribution in [2.75, 3.05) is 7.11 Å². The van der Waals surface area contributed by atoms with Crippen LogP contribution in [0, 0.1) is 5.82 Å². The number of nitrogens with one attached hydrogen (secondary N) is 1. The Morgan fingerprint density at radius 1 is 1.26 bits per heavy atom. The van der Waals surface area contributed by atoms with Crippen LogP contribution in [0.3, 0.4) is 0 Å². The summed E-state index contributed by atoms with van der Waals surface area (Å²) in [6.45, 7) is 1.69. The second-order valence-corrected chi connectivity index (χ2v) is 6.69. The van der Waals surface area contributed by atoms with Crippen LogP contribution in [0.1, 0.15) is 17.5 Å². The van der Waals surface area contributed by atoms with Gasteiger partial charge in [-0.1, -0.05) is 30.3 Å². The highest BCUT2D eigenvalue weighted by Gasteiger charge is 2.10. The molecule has 0 bridgehead atoms. The van der Waals surface area contributed by atoms with Crippen molar-refractivity contribution in [2.45, 2.75) is 13.3 Å². The monoisotopic (exact) mass is 383 g/mol. The fourth-order valence-corrected chi connectivity index (χ4v) is 3.21. The van der Waals surface area contributed by atoms with Gasteiger partial charge in [-0.25, -0.2) is 14.8 Å². The van der Waals surface area contributed by atoms with Crippen LogP contribution in [0.15, 0.2) is 59.0 Å². The van der Waals surface area contributed by atoms with Crippen LogP contribution in [-0.4, -0.2) is 23.7 Å². The Bertz CT molecular complexity index is 970. The van der Waals surface area contributed by atoms with Crippen LogP contribution in [0.2, 0.25) is 0 Å². The molecule has 27 heavy (non-hydrogen) atoms. The summed E-state index contributed by atoms with van der Waals surface area (Å²) in [4.78, 5) is 16.6. The second kappa shape index (κ2) is 8.55. The summed E-state index contributed by atoms with van der Waals surface area (Å²) in [5.41, 5.74) is 5.40. The van der Waals surface area contributed by atoms with E-state index in [0.717, 1.165) is 11.3 Å². The summed E-state index contributed by atoms with van der Waals surface area (Å²) < 4.78 is 18.7. The number of ether oxygens (including phenoxy) is 1. The molecular weight excluding hydrogens is 365 g/mol. The van der Waals surface area contributed by atoms with Gasteiger partial charge in [-0.15, -0.1) is 11.3 Å². The number of hydrogen-bond acceptors (Lipinski definition) is 5. The topological polar surface area (TPSA) is 63.6 Å². The van der Waals surface area contributed by atoms with E-state index in [4.69, 9.17) is 4.74 Å². The van der Waals surface area contributed by atoms with Crippen molar-refractivity contribution in [3.8, 4) is 17.0 Å². The lowest BCUT2D eigenvalue weighted by atomic mass is 10.1. The lowest BCUT2D eigenvalue weighted by Crippen LogP contribution is -2.21. The summed E-state index contributed by atoms with van der Waals surface area (Å²) in [7, 11) is 1.40. The molecular formula is C20H18FN3O2S. The Morgan fingerprint density at radius 3 is 2.74 bits per heavy atom. The fourth-order valence-electron chi connectivity index (χ4n) is 2.41. The zero-order valence-corrected chi connectivity index (χ0v) is 15.7. The Kier molecular flexibility index (Phi) is 5.93. The van der Waals surface area contributed by atoms with Crippen LogP contribution in [0.5, 0.6) is 5.75 Å². The number of methoxy groups -OCH3 is 1. The summed E-state index contributed by atoms with van der Waals surface area (Å²) in [6.07, 6.45) is 0.130. The number of hydrogen-bond donors (Lipinski definition) is 1. The number of hydrazone groups is 1. The zero-order valence-electron chi connectivity index (χ0n) is 14.9. The van der Waals surface area contributed by atoms with Crippen LogP contribution < -0.4 is 10.2 Å². The molecule has 0 atom stereocenters. The van der Waals surface area contributed by atoms with Gasteiger partial charge < -0.3 is 4.74 Å². The van der Waals surface area contributed by atoms with E-state index < -0.39 is 5.82 Å². The van der Waals surface area contributed by atoms with E-state index in [1.165, 1.54) is 30.6 Å². The maximum absolute atomic E-state index is 13.8. The van der Waals surface area contributed by atoms with Gasteiger partial charge in [0.25, 0.3) is 0 Å². The minimum atomic E-state index is -0.480. The molecule has 0 spiro atoms. The maximum Gasteiger partial charge on any atom is 0.246 e. The van der Waals surface area contributed by atoms with Crippen LogP contribution in [0.4, 0.5) is 4.39 Å². The molecule has 0 unspecified atom stereocenters. The van der Waals surface area contributed by atoms with E-state index in [1.807, 2.05) is 35.7 Å². The average Bonchev–Trinajstić information content (AvgIpc) is 3.15. The lowest BCUT2D eigenvalue weighted by molar-refractivity contribution is -0.120. The lowest BCUT2D eigenvalue weighted by Gasteiger charge is -2.05. The average molecular weight is 383 g/mol. The third-order valence-electron chi connectivity index (χ3n) is 3.85. The summed E-state index contributed by atoms with van der Waals surface area (Å²) >= 11 is 1.43. The van der Waals surface area contributed by atoms with Gasteiger partial charge in [-0.3, -0.25) is 4.79 Å². The van der Waals surface area contributed by atoms with E-state index in [2.05, 4.69) is 15.5 Å². The first-order chi connectivity index (χ1) is 13.1. The molecule has 1 N–H and O–H groups in total. The molecule has 5 nitrogen and oxygen atoms in total. The molecule has 138 valence electrons. The maximum atomic E-state index is 13.8. The summed E-state index contributed by atoms with van der Waals surface area (Å²) in [6, 6.07) is 14.3. The predicted octanol–water partition coefficient (Wildman–Crippen LogP) is 4.04. The molecule has 0 aliphatic carbocycles. The first kappa shape index (κ1) is 18.7. The van der Waals surface area contributed by atoms with Crippen molar-refractivity contribution in [3.05, 3.63) is 70.3 Å². The molecule has 1 heterocycles. The SMILES string of the molecule is COc1ccc(/C(C)=N\NC(=O)Cc2nc(-c3ccccc3)cs2)cc1F.